The molecule has 6 nitrogen and oxygen atoms in total. The largest absolute Gasteiger partial charge is 0.396 e. The average Bonchev–Trinajstić information content (AvgIpc) is 2.86. The number of aliphatic hydroxyl groups excluding tert-OH is 1. The minimum Gasteiger partial charge on any atom is -0.396 e. The minimum absolute atomic E-state index is 0.0267. The lowest BCUT2D eigenvalue weighted by atomic mass is 10.1. The van der Waals surface area contributed by atoms with Crippen molar-refractivity contribution in [3.05, 3.63) is 39.9 Å². The summed E-state index contributed by atoms with van der Waals surface area (Å²) in [6, 6.07) is 5.58. The first-order valence-electron chi connectivity index (χ1n) is 5.76. The highest BCUT2D eigenvalue weighted by Gasteiger charge is 2.26. The lowest BCUT2D eigenvalue weighted by Gasteiger charge is -2.15. The van der Waals surface area contributed by atoms with Gasteiger partial charge in [-0.25, -0.2) is 0 Å². The van der Waals surface area contributed by atoms with Gasteiger partial charge in [0.15, 0.2) is 0 Å². The topological polar surface area (TPSA) is 83.7 Å². The second-order valence-electron chi connectivity index (χ2n) is 4.39. The normalized spacial score (nSPS) is 18.9. The Morgan fingerprint density at radius 1 is 1.44 bits per heavy atom. The van der Waals surface area contributed by atoms with Crippen molar-refractivity contribution in [2.75, 3.05) is 19.7 Å². The van der Waals surface area contributed by atoms with Gasteiger partial charge in [0.1, 0.15) is 0 Å². The molecule has 1 aromatic rings. The Morgan fingerprint density at radius 2 is 2.11 bits per heavy atom. The van der Waals surface area contributed by atoms with Gasteiger partial charge in [-0.15, -0.1) is 0 Å². The quantitative estimate of drug-likeness (QED) is 0.642. The highest BCUT2D eigenvalue weighted by atomic mass is 16.6. The van der Waals surface area contributed by atoms with Crippen LogP contribution in [0.25, 0.3) is 0 Å². The molecule has 0 aliphatic carbocycles. The second kappa shape index (κ2) is 5.14. The average molecular weight is 250 g/mol. The molecule has 96 valence electrons. The predicted molar refractivity (Wildman–Crippen MR) is 64.2 cm³/mol. The van der Waals surface area contributed by atoms with Crippen LogP contribution >= 0.6 is 0 Å². The van der Waals surface area contributed by atoms with E-state index in [2.05, 4.69) is 0 Å². The first-order chi connectivity index (χ1) is 8.61. The van der Waals surface area contributed by atoms with E-state index in [1.807, 2.05) is 0 Å². The van der Waals surface area contributed by atoms with Crippen molar-refractivity contribution in [1.29, 1.82) is 0 Å². The zero-order valence-corrected chi connectivity index (χ0v) is 9.78. The van der Waals surface area contributed by atoms with Crippen LogP contribution in [0.2, 0.25) is 0 Å². The lowest BCUT2D eigenvalue weighted by molar-refractivity contribution is -0.384. The molecule has 1 N–H and O–H groups in total. The van der Waals surface area contributed by atoms with Gasteiger partial charge in [-0.1, -0.05) is 0 Å². The van der Waals surface area contributed by atoms with Crippen molar-refractivity contribution in [3.8, 4) is 0 Å². The molecule has 0 saturated carbocycles. The molecule has 1 fully saturated rings. The molecular formula is C12H14N2O4. The second-order valence-corrected chi connectivity index (χ2v) is 4.39. The van der Waals surface area contributed by atoms with Crippen LogP contribution in [-0.4, -0.2) is 40.5 Å². The van der Waals surface area contributed by atoms with E-state index in [0.717, 1.165) is 6.42 Å². The van der Waals surface area contributed by atoms with Crippen molar-refractivity contribution in [1.82, 2.24) is 4.90 Å². The van der Waals surface area contributed by atoms with Crippen LogP contribution in [0.1, 0.15) is 16.8 Å². The first-order valence-corrected chi connectivity index (χ1v) is 5.76. The molecule has 0 aromatic heterocycles. The van der Waals surface area contributed by atoms with Crippen molar-refractivity contribution in [3.63, 3.8) is 0 Å². The van der Waals surface area contributed by atoms with Gasteiger partial charge in [-0.05, 0) is 18.6 Å². The summed E-state index contributed by atoms with van der Waals surface area (Å²) in [6.45, 7) is 1.26. The number of hydrogen-bond donors (Lipinski definition) is 1. The molecule has 0 spiro atoms. The molecule has 2 rings (SSSR count). The maximum absolute atomic E-state index is 12.1. The maximum atomic E-state index is 12.1. The number of non-ortho nitro benzene ring substituents is 1. The third-order valence-corrected chi connectivity index (χ3v) is 3.16. The van der Waals surface area contributed by atoms with Crippen LogP contribution in [0.15, 0.2) is 24.3 Å². The summed E-state index contributed by atoms with van der Waals surface area (Å²) in [5.74, 6) is 0.00727. The number of rotatable bonds is 3. The Labute approximate surface area is 104 Å². The van der Waals surface area contributed by atoms with Crippen LogP contribution in [-0.2, 0) is 0 Å². The van der Waals surface area contributed by atoms with Crippen LogP contribution in [0.3, 0.4) is 0 Å². The molecule has 1 heterocycles. The van der Waals surface area contributed by atoms with Crippen molar-refractivity contribution in [2.45, 2.75) is 6.42 Å². The number of hydrogen-bond acceptors (Lipinski definition) is 4. The fraction of sp³-hybridized carbons (Fsp3) is 0.417. The maximum Gasteiger partial charge on any atom is 0.269 e. The summed E-state index contributed by atoms with van der Waals surface area (Å²) in [7, 11) is 0. The number of nitro groups is 1. The number of carbonyl (C=O) groups excluding carboxylic acids is 1. The van der Waals surface area contributed by atoms with Gasteiger partial charge < -0.3 is 10.0 Å². The van der Waals surface area contributed by atoms with Gasteiger partial charge >= 0.3 is 0 Å². The molecule has 6 heteroatoms. The highest BCUT2D eigenvalue weighted by Crippen LogP contribution is 2.19. The van der Waals surface area contributed by atoms with Gasteiger partial charge in [0.25, 0.3) is 11.6 Å². The van der Waals surface area contributed by atoms with Gasteiger partial charge in [-0.2, -0.15) is 0 Å². The zero-order chi connectivity index (χ0) is 13.1. The van der Waals surface area contributed by atoms with Crippen LogP contribution in [0.5, 0.6) is 0 Å². The van der Waals surface area contributed by atoms with Crippen LogP contribution < -0.4 is 0 Å². The molecule has 1 saturated heterocycles. The van der Waals surface area contributed by atoms with Crippen LogP contribution in [0.4, 0.5) is 5.69 Å². The number of nitrogens with zero attached hydrogens (tertiary/aromatic N) is 2. The van der Waals surface area contributed by atoms with E-state index >= 15 is 0 Å². The number of likely N-dealkylation sites (tertiary alicyclic amines) is 1. The van der Waals surface area contributed by atoms with Gasteiger partial charge in [0.05, 0.1) is 4.92 Å². The summed E-state index contributed by atoms with van der Waals surface area (Å²) < 4.78 is 0. The fourth-order valence-electron chi connectivity index (χ4n) is 2.07. The minimum atomic E-state index is -0.494. The molecule has 0 bridgehead atoms. The van der Waals surface area contributed by atoms with E-state index in [4.69, 9.17) is 5.11 Å². The number of carbonyl (C=O) groups is 1. The predicted octanol–water partition coefficient (Wildman–Crippen LogP) is 1.05. The monoisotopic (exact) mass is 250 g/mol. The molecule has 1 amide bonds. The third-order valence-electron chi connectivity index (χ3n) is 3.16. The lowest BCUT2D eigenvalue weighted by Crippen LogP contribution is -2.29. The molecule has 1 aliphatic rings. The van der Waals surface area contributed by atoms with E-state index in [1.54, 1.807) is 4.90 Å². The van der Waals surface area contributed by atoms with E-state index in [1.165, 1.54) is 24.3 Å². The Kier molecular flexibility index (Phi) is 3.57. The van der Waals surface area contributed by atoms with Gasteiger partial charge in [-0.3, -0.25) is 14.9 Å². The molecule has 1 aromatic carbocycles. The Balaban J connectivity index is 2.07. The van der Waals surface area contributed by atoms with E-state index < -0.39 is 4.92 Å². The van der Waals surface area contributed by atoms with Crippen molar-refractivity contribution < 1.29 is 14.8 Å². The standard InChI is InChI=1S/C12H14N2O4/c15-8-9-5-6-13(7-9)12(16)10-1-3-11(4-2-10)14(17)18/h1-4,9,15H,5-8H2. The molecule has 18 heavy (non-hydrogen) atoms. The summed E-state index contributed by atoms with van der Waals surface area (Å²) in [5.41, 5.74) is 0.417. The molecule has 1 unspecified atom stereocenters. The SMILES string of the molecule is O=C(c1ccc([N+](=O)[O-])cc1)N1CCC(CO)C1. The fourth-order valence-corrected chi connectivity index (χ4v) is 2.07. The first kappa shape index (κ1) is 12.5. The van der Waals surface area contributed by atoms with E-state index in [-0.39, 0.29) is 24.1 Å². The van der Waals surface area contributed by atoms with Gasteiger partial charge in [0.2, 0.25) is 0 Å². The number of aliphatic hydroxyl groups is 1. The molecular weight excluding hydrogens is 236 g/mol. The van der Waals surface area contributed by atoms with Crippen molar-refractivity contribution in [2.24, 2.45) is 5.92 Å². The molecule has 0 radical (unpaired) electrons. The number of nitro benzene ring substituents is 1. The highest BCUT2D eigenvalue weighted by molar-refractivity contribution is 5.94. The summed E-state index contributed by atoms with van der Waals surface area (Å²) in [6.07, 6.45) is 0.801. The smallest absolute Gasteiger partial charge is 0.269 e. The Bertz CT molecular complexity index is 458. The number of amides is 1. The van der Waals surface area contributed by atoms with Crippen LogP contribution in [0, 0.1) is 16.0 Å². The van der Waals surface area contributed by atoms with E-state index in [9.17, 15) is 14.9 Å². The van der Waals surface area contributed by atoms with E-state index in [0.29, 0.717) is 18.7 Å². The molecule has 1 atom stereocenters. The summed E-state index contributed by atoms with van der Waals surface area (Å²) >= 11 is 0. The summed E-state index contributed by atoms with van der Waals surface area (Å²) in [4.78, 5) is 23.7. The van der Waals surface area contributed by atoms with Gasteiger partial charge in [0, 0.05) is 43.3 Å². The Hall–Kier alpha value is -1.95. The molecule has 1 aliphatic heterocycles. The number of benzene rings is 1. The van der Waals surface area contributed by atoms with Crippen molar-refractivity contribution >= 4 is 11.6 Å². The third kappa shape index (κ3) is 2.48. The zero-order valence-electron chi connectivity index (χ0n) is 9.78. The Morgan fingerprint density at radius 3 is 2.61 bits per heavy atom. The summed E-state index contributed by atoms with van der Waals surface area (Å²) in [5, 5.41) is 19.5.